The number of rotatable bonds is 4. The fourth-order valence-electron chi connectivity index (χ4n) is 2.47. The van der Waals surface area contributed by atoms with Crippen molar-refractivity contribution in [2.75, 3.05) is 5.32 Å². The Balaban J connectivity index is 1.92. The maximum atomic E-state index is 4.82. The first-order valence-electron chi connectivity index (χ1n) is 7.76. The van der Waals surface area contributed by atoms with Gasteiger partial charge >= 0.3 is 0 Å². The first-order chi connectivity index (χ1) is 11.2. The lowest BCUT2D eigenvalue weighted by molar-refractivity contribution is 1.42. The Bertz CT molecular complexity index is 820. The molecule has 0 saturated carbocycles. The lowest BCUT2D eigenvalue weighted by Gasteiger charge is -2.10. The minimum atomic E-state index is 0.940. The Morgan fingerprint density at radius 2 is 1.57 bits per heavy atom. The van der Waals surface area contributed by atoms with E-state index < -0.39 is 0 Å². The van der Waals surface area contributed by atoms with Crippen LogP contribution in [-0.2, 0) is 0 Å². The zero-order chi connectivity index (χ0) is 16.1. The van der Waals surface area contributed by atoms with Gasteiger partial charge in [0, 0.05) is 11.4 Å². The van der Waals surface area contributed by atoms with E-state index in [9.17, 15) is 0 Å². The Morgan fingerprint density at radius 3 is 2.35 bits per heavy atom. The van der Waals surface area contributed by atoms with Gasteiger partial charge < -0.3 is 5.32 Å². The predicted octanol–water partition coefficient (Wildman–Crippen LogP) is 5.88. The molecule has 3 aromatic carbocycles. The highest BCUT2D eigenvalue weighted by molar-refractivity contribution is 6.01. The molecular formula is C21H20N2. The summed E-state index contributed by atoms with van der Waals surface area (Å²) in [5.41, 5.74) is 6.41. The number of nitrogens with zero attached hydrogens (tertiary/aromatic N) is 1. The van der Waals surface area contributed by atoms with Crippen molar-refractivity contribution in [1.82, 2.24) is 0 Å². The van der Waals surface area contributed by atoms with Crippen molar-refractivity contribution < 1.29 is 0 Å². The molecule has 0 atom stereocenters. The molecule has 0 aromatic heterocycles. The average molecular weight is 300 g/mol. The molecule has 0 aliphatic carbocycles. The van der Waals surface area contributed by atoms with Gasteiger partial charge in [0.1, 0.15) is 0 Å². The van der Waals surface area contributed by atoms with E-state index in [1.54, 1.807) is 0 Å². The lowest BCUT2D eigenvalue weighted by Crippen LogP contribution is -1.96. The maximum absolute atomic E-state index is 4.82. The van der Waals surface area contributed by atoms with Crippen LogP contribution in [0.2, 0.25) is 0 Å². The van der Waals surface area contributed by atoms with Gasteiger partial charge in [-0.3, -0.25) is 4.99 Å². The first-order valence-corrected chi connectivity index (χ1v) is 7.76. The van der Waals surface area contributed by atoms with Crippen LogP contribution in [0.25, 0.3) is 0 Å². The third-order valence-electron chi connectivity index (χ3n) is 3.68. The van der Waals surface area contributed by atoms with Crippen molar-refractivity contribution in [3.8, 4) is 0 Å². The standard InChI is InChI=1S/C21H20N2/c1-16-9-8-10-18(15-16)17(2)22-20-13-6-7-14-21(20)23-19-11-4-3-5-12-19/h3-15,23H,1-2H3. The largest absolute Gasteiger partial charge is 0.354 e. The zero-order valence-corrected chi connectivity index (χ0v) is 13.5. The lowest BCUT2D eigenvalue weighted by atomic mass is 10.1. The number of hydrogen-bond acceptors (Lipinski definition) is 2. The second-order valence-corrected chi connectivity index (χ2v) is 5.57. The van der Waals surface area contributed by atoms with Gasteiger partial charge in [-0.2, -0.15) is 0 Å². The summed E-state index contributed by atoms with van der Waals surface area (Å²) < 4.78 is 0. The van der Waals surface area contributed by atoms with Crippen LogP contribution in [0, 0.1) is 6.92 Å². The fraction of sp³-hybridized carbons (Fsp3) is 0.0952. The van der Waals surface area contributed by atoms with Crippen molar-refractivity contribution in [1.29, 1.82) is 0 Å². The fourth-order valence-corrected chi connectivity index (χ4v) is 2.47. The third-order valence-corrected chi connectivity index (χ3v) is 3.68. The molecule has 2 heteroatoms. The van der Waals surface area contributed by atoms with Crippen LogP contribution in [0.1, 0.15) is 18.1 Å². The number of aryl methyl sites for hydroxylation is 1. The molecule has 0 spiro atoms. The quantitative estimate of drug-likeness (QED) is 0.598. The van der Waals surface area contributed by atoms with Gasteiger partial charge in [0.25, 0.3) is 0 Å². The van der Waals surface area contributed by atoms with Gasteiger partial charge in [0.05, 0.1) is 11.4 Å². The Morgan fingerprint density at radius 1 is 0.826 bits per heavy atom. The summed E-state index contributed by atoms with van der Waals surface area (Å²) >= 11 is 0. The summed E-state index contributed by atoms with van der Waals surface area (Å²) in [6.07, 6.45) is 0. The Kier molecular flexibility index (Phi) is 4.53. The number of anilines is 2. The summed E-state index contributed by atoms with van der Waals surface area (Å²) in [7, 11) is 0. The SMILES string of the molecule is CC(=Nc1ccccc1Nc1ccccc1)c1cccc(C)c1. The van der Waals surface area contributed by atoms with E-state index in [1.165, 1.54) is 5.56 Å². The molecule has 23 heavy (non-hydrogen) atoms. The number of hydrogen-bond donors (Lipinski definition) is 1. The van der Waals surface area contributed by atoms with Gasteiger partial charge in [-0.05, 0) is 43.7 Å². The van der Waals surface area contributed by atoms with Crippen LogP contribution in [0.3, 0.4) is 0 Å². The molecular weight excluding hydrogens is 280 g/mol. The molecule has 0 aliphatic heterocycles. The van der Waals surface area contributed by atoms with Crippen LogP contribution in [0.15, 0.2) is 83.9 Å². The van der Waals surface area contributed by atoms with Crippen molar-refractivity contribution in [3.05, 3.63) is 90.0 Å². The molecule has 0 bridgehead atoms. The van der Waals surface area contributed by atoms with Gasteiger partial charge in [-0.15, -0.1) is 0 Å². The summed E-state index contributed by atoms with van der Waals surface area (Å²) in [6, 6.07) is 26.7. The number of benzene rings is 3. The second kappa shape index (κ2) is 6.93. The molecule has 0 saturated heterocycles. The van der Waals surface area contributed by atoms with Gasteiger partial charge in [0.15, 0.2) is 0 Å². The van der Waals surface area contributed by atoms with E-state index in [-0.39, 0.29) is 0 Å². The molecule has 114 valence electrons. The molecule has 2 nitrogen and oxygen atoms in total. The minimum absolute atomic E-state index is 0.940. The topological polar surface area (TPSA) is 24.4 Å². The molecule has 3 rings (SSSR count). The van der Waals surface area contributed by atoms with E-state index >= 15 is 0 Å². The number of nitrogens with one attached hydrogen (secondary N) is 1. The Hall–Kier alpha value is -2.87. The monoisotopic (exact) mass is 300 g/mol. The molecule has 1 N–H and O–H groups in total. The second-order valence-electron chi connectivity index (χ2n) is 5.57. The molecule has 0 heterocycles. The molecule has 3 aromatic rings. The number of aliphatic imine (C=N–C) groups is 1. The minimum Gasteiger partial charge on any atom is -0.354 e. The normalized spacial score (nSPS) is 11.3. The van der Waals surface area contributed by atoms with E-state index in [0.717, 1.165) is 28.3 Å². The molecule has 0 radical (unpaired) electrons. The highest BCUT2D eigenvalue weighted by Gasteiger charge is 2.03. The van der Waals surface area contributed by atoms with Crippen molar-refractivity contribution in [3.63, 3.8) is 0 Å². The molecule has 0 unspecified atom stereocenters. The first kappa shape index (κ1) is 15.0. The summed E-state index contributed by atoms with van der Waals surface area (Å²) in [4.78, 5) is 4.82. The number of para-hydroxylation sites is 3. The smallest absolute Gasteiger partial charge is 0.0867 e. The third kappa shape index (κ3) is 3.86. The highest BCUT2D eigenvalue weighted by Crippen LogP contribution is 2.28. The van der Waals surface area contributed by atoms with Crippen molar-refractivity contribution in [2.45, 2.75) is 13.8 Å². The maximum Gasteiger partial charge on any atom is 0.0867 e. The van der Waals surface area contributed by atoms with Crippen molar-refractivity contribution in [2.24, 2.45) is 4.99 Å². The van der Waals surface area contributed by atoms with Crippen LogP contribution in [0.5, 0.6) is 0 Å². The molecule has 0 fully saturated rings. The van der Waals surface area contributed by atoms with Gasteiger partial charge in [-0.25, -0.2) is 0 Å². The van der Waals surface area contributed by atoms with Gasteiger partial charge in [-0.1, -0.05) is 60.2 Å². The van der Waals surface area contributed by atoms with Crippen LogP contribution in [-0.4, -0.2) is 5.71 Å². The predicted molar refractivity (Wildman–Crippen MR) is 99.2 cm³/mol. The van der Waals surface area contributed by atoms with Crippen LogP contribution < -0.4 is 5.32 Å². The van der Waals surface area contributed by atoms with Crippen LogP contribution >= 0.6 is 0 Å². The van der Waals surface area contributed by atoms with Crippen molar-refractivity contribution >= 4 is 22.8 Å². The van der Waals surface area contributed by atoms with Crippen LogP contribution in [0.4, 0.5) is 17.1 Å². The Labute approximate surface area is 137 Å². The van der Waals surface area contributed by atoms with E-state index in [2.05, 4.69) is 42.6 Å². The highest BCUT2D eigenvalue weighted by atomic mass is 14.9. The summed E-state index contributed by atoms with van der Waals surface area (Å²) in [5, 5.41) is 3.43. The van der Waals surface area contributed by atoms with Gasteiger partial charge in [0.2, 0.25) is 0 Å². The molecule has 0 aliphatic rings. The average Bonchev–Trinajstić information content (AvgIpc) is 2.57. The summed E-state index contributed by atoms with van der Waals surface area (Å²) in [5.74, 6) is 0. The molecule has 0 amide bonds. The van der Waals surface area contributed by atoms with E-state index in [4.69, 9.17) is 4.99 Å². The zero-order valence-electron chi connectivity index (χ0n) is 13.5. The van der Waals surface area contributed by atoms with E-state index in [0.29, 0.717) is 0 Å². The van der Waals surface area contributed by atoms with E-state index in [1.807, 2.05) is 55.5 Å². The summed E-state index contributed by atoms with van der Waals surface area (Å²) in [6.45, 7) is 4.15.